The maximum Gasteiger partial charge on any atom is 0.166 e. The Morgan fingerprint density at radius 1 is 1.14 bits per heavy atom. The smallest absolute Gasteiger partial charge is 0.166 e. The standard InChI is InChI=1S/C22H18ClN3O2/c1-2-28-20-12-16(23)10-15(21(20)27)13-24-17-7-5-6-14(11-17)22-25-18-8-3-4-9-19(18)26-22/h3-13,27H,2H2,1H3,(H,25,26). The summed E-state index contributed by atoms with van der Waals surface area (Å²) in [5.74, 6) is 1.14. The second-order valence-corrected chi connectivity index (χ2v) is 6.62. The lowest BCUT2D eigenvalue weighted by Gasteiger charge is -2.08. The Morgan fingerprint density at radius 3 is 2.82 bits per heavy atom. The van der Waals surface area contributed by atoms with Gasteiger partial charge in [0.25, 0.3) is 0 Å². The molecule has 4 aromatic rings. The summed E-state index contributed by atoms with van der Waals surface area (Å²) >= 11 is 6.12. The predicted molar refractivity (Wildman–Crippen MR) is 113 cm³/mol. The third-order valence-corrected chi connectivity index (χ3v) is 4.45. The van der Waals surface area contributed by atoms with E-state index in [0.717, 1.165) is 28.1 Å². The molecule has 0 unspecified atom stereocenters. The van der Waals surface area contributed by atoms with Gasteiger partial charge in [-0.2, -0.15) is 0 Å². The number of ether oxygens (including phenoxy) is 1. The summed E-state index contributed by atoms with van der Waals surface area (Å²) in [7, 11) is 0. The first-order valence-electron chi connectivity index (χ1n) is 8.88. The molecule has 0 saturated heterocycles. The molecule has 0 bridgehead atoms. The van der Waals surface area contributed by atoms with Crippen LogP contribution in [0.2, 0.25) is 5.02 Å². The molecule has 6 heteroatoms. The number of fused-ring (bicyclic) bond motifs is 1. The Bertz CT molecular complexity index is 1130. The predicted octanol–water partition coefficient (Wildman–Crippen LogP) is 5.74. The lowest BCUT2D eigenvalue weighted by molar-refractivity contribution is 0.318. The van der Waals surface area contributed by atoms with Gasteiger partial charge >= 0.3 is 0 Å². The number of hydrogen-bond donors (Lipinski definition) is 2. The number of phenols is 1. The number of hydrogen-bond acceptors (Lipinski definition) is 4. The molecule has 28 heavy (non-hydrogen) atoms. The molecule has 0 aliphatic heterocycles. The van der Waals surface area contributed by atoms with Crippen molar-refractivity contribution in [1.29, 1.82) is 0 Å². The van der Waals surface area contributed by atoms with Crippen LogP contribution in [0, 0.1) is 0 Å². The van der Waals surface area contributed by atoms with Gasteiger partial charge in [-0.25, -0.2) is 4.98 Å². The van der Waals surface area contributed by atoms with Gasteiger partial charge < -0.3 is 14.8 Å². The van der Waals surface area contributed by atoms with Crippen LogP contribution in [0.4, 0.5) is 5.69 Å². The van der Waals surface area contributed by atoms with Gasteiger partial charge in [-0.3, -0.25) is 4.99 Å². The number of aliphatic imine (C=N–C) groups is 1. The fourth-order valence-electron chi connectivity index (χ4n) is 2.93. The Hall–Kier alpha value is -3.31. The number of para-hydroxylation sites is 2. The van der Waals surface area contributed by atoms with E-state index in [-0.39, 0.29) is 5.75 Å². The number of imidazole rings is 1. The summed E-state index contributed by atoms with van der Waals surface area (Å²) in [6.07, 6.45) is 1.57. The molecule has 0 aliphatic rings. The third kappa shape index (κ3) is 3.70. The number of nitrogens with one attached hydrogen (secondary N) is 1. The number of rotatable bonds is 5. The maximum absolute atomic E-state index is 10.3. The normalized spacial score (nSPS) is 11.4. The van der Waals surface area contributed by atoms with E-state index in [1.807, 2.05) is 55.5 Å². The van der Waals surface area contributed by atoms with Crippen molar-refractivity contribution in [2.24, 2.45) is 4.99 Å². The van der Waals surface area contributed by atoms with Gasteiger partial charge in [-0.05, 0) is 37.3 Å². The summed E-state index contributed by atoms with van der Waals surface area (Å²) in [6.45, 7) is 2.28. The third-order valence-electron chi connectivity index (χ3n) is 4.23. The molecule has 0 atom stereocenters. The zero-order chi connectivity index (χ0) is 19.5. The van der Waals surface area contributed by atoms with Crippen LogP contribution in [-0.4, -0.2) is 27.9 Å². The molecule has 0 radical (unpaired) electrons. The van der Waals surface area contributed by atoms with Gasteiger partial charge in [0.15, 0.2) is 11.5 Å². The van der Waals surface area contributed by atoms with Crippen molar-refractivity contribution >= 4 is 34.5 Å². The van der Waals surface area contributed by atoms with E-state index in [4.69, 9.17) is 16.3 Å². The van der Waals surface area contributed by atoms with Crippen LogP contribution in [0.1, 0.15) is 12.5 Å². The van der Waals surface area contributed by atoms with Gasteiger partial charge in [0, 0.05) is 28.4 Å². The molecular formula is C22H18ClN3O2. The molecular weight excluding hydrogens is 374 g/mol. The Balaban J connectivity index is 1.65. The fraction of sp³-hybridized carbons (Fsp3) is 0.0909. The molecule has 1 heterocycles. The summed E-state index contributed by atoms with van der Waals surface area (Å²) in [6, 6.07) is 18.8. The summed E-state index contributed by atoms with van der Waals surface area (Å²) in [5.41, 5.74) is 4.05. The molecule has 5 nitrogen and oxygen atoms in total. The first-order chi connectivity index (χ1) is 13.6. The Morgan fingerprint density at radius 2 is 2.00 bits per heavy atom. The Labute approximate surface area is 167 Å². The number of benzene rings is 3. The van der Waals surface area contributed by atoms with Crippen molar-refractivity contribution in [1.82, 2.24) is 9.97 Å². The zero-order valence-electron chi connectivity index (χ0n) is 15.2. The molecule has 0 spiro atoms. The first kappa shape index (κ1) is 18.1. The minimum Gasteiger partial charge on any atom is -0.504 e. The number of H-pyrrole nitrogens is 1. The number of halogens is 1. The minimum absolute atomic E-state index is 0.0171. The van der Waals surface area contributed by atoms with Gasteiger partial charge in [-0.15, -0.1) is 0 Å². The largest absolute Gasteiger partial charge is 0.504 e. The summed E-state index contributed by atoms with van der Waals surface area (Å²) in [4.78, 5) is 12.4. The van der Waals surface area contributed by atoms with E-state index in [1.54, 1.807) is 18.3 Å². The average Bonchev–Trinajstić information content (AvgIpc) is 3.14. The van der Waals surface area contributed by atoms with Crippen molar-refractivity contribution < 1.29 is 9.84 Å². The molecule has 140 valence electrons. The van der Waals surface area contributed by atoms with Crippen molar-refractivity contribution in [3.8, 4) is 22.9 Å². The topological polar surface area (TPSA) is 70.5 Å². The molecule has 4 rings (SSSR count). The summed E-state index contributed by atoms with van der Waals surface area (Å²) in [5, 5.41) is 10.8. The van der Waals surface area contributed by atoms with Gasteiger partial charge in [-0.1, -0.05) is 35.9 Å². The molecule has 0 aliphatic carbocycles. The van der Waals surface area contributed by atoms with E-state index in [1.165, 1.54) is 0 Å². The highest BCUT2D eigenvalue weighted by molar-refractivity contribution is 6.31. The minimum atomic E-state index is 0.0171. The molecule has 0 fully saturated rings. The van der Waals surface area contributed by atoms with Crippen molar-refractivity contribution in [3.63, 3.8) is 0 Å². The van der Waals surface area contributed by atoms with Gasteiger partial charge in [0.2, 0.25) is 0 Å². The number of aromatic nitrogens is 2. The van der Waals surface area contributed by atoms with Gasteiger partial charge in [0.05, 0.1) is 23.3 Å². The first-order valence-corrected chi connectivity index (χ1v) is 9.26. The average molecular weight is 392 g/mol. The molecule has 1 aromatic heterocycles. The van der Waals surface area contributed by atoms with E-state index in [2.05, 4.69) is 15.0 Å². The fourth-order valence-corrected chi connectivity index (χ4v) is 3.14. The van der Waals surface area contributed by atoms with E-state index in [9.17, 15) is 5.11 Å². The number of aromatic hydroxyl groups is 1. The van der Waals surface area contributed by atoms with E-state index in [0.29, 0.717) is 22.9 Å². The van der Waals surface area contributed by atoms with Gasteiger partial charge in [0.1, 0.15) is 5.82 Å². The maximum atomic E-state index is 10.3. The van der Waals surface area contributed by atoms with Crippen LogP contribution in [-0.2, 0) is 0 Å². The number of phenolic OH excluding ortho intramolecular Hbond substituents is 1. The molecule has 3 aromatic carbocycles. The second kappa shape index (κ2) is 7.74. The van der Waals surface area contributed by atoms with Crippen molar-refractivity contribution in [2.45, 2.75) is 6.92 Å². The van der Waals surface area contributed by atoms with E-state index < -0.39 is 0 Å². The van der Waals surface area contributed by atoms with Crippen LogP contribution >= 0.6 is 11.6 Å². The highest BCUT2D eigenvalue weighted by Gasteiger charge is 2.09. The molecule has 0 amide bonds. The lowest BCUT2D eigenvalue weighted by Crippen LogP contribution is -1.94. The van der Waals surface area contributed by atoms with Crippen LogP contribution < -0.4 is 4.74 Å². The van der Waals surface area contributed by atoms with Crippen molar-refractivity contribution in [3.05, 3.63) is 71.2 Å². The van der Waals surface area contributed by atoms with Crippen LogP contribution in [0.25, 0.3) is 22.4 Å². The molecule has 0 saturated carbocycles. The summed E-state index contributed by atoms with van der Waals surface area (Å²) < 4.78 is 5.41. The molecule has 2 N–H and O–H groups in total. The number of aromatic amines is 1. The van der Waals surface area contributed by atoms with E-state index >= 15 is 0 Å². The second-order valence-electron chi connectivity index (χ2n) is 6.19. The highest BCUT2D eigenvalue weighted by Crippen LogP contribution is 2.33. The quantitative estimate of drug-likeness (QED) is 0.426. The SMILES string of the molecule is CCOc1cc(Cl)cc(C=Nc2cccc(-c3nc4ccccc4[nH]3)c2)c1O. The Kier molecular flexibility index (Phi) is 5.00. The van der Waals surface area contributed by atoms with Crippen LogP contribution in [0.15, 0.2) is 65.7 Å². The monoisotopic (exact) mass is 391 g/mol. The van der Waals surface area contributed by atoms with Crippen molar-refractivity contribution in [2.75, 3.05) is 6.61 Å². The number of nitrogens with zero attached hydrogens (tertiary/aromatic N) is 2. The zero-order valence-corrected chi connectivity index (χ0v) is 15.9. The highest BCUT2D eigenvalue weighted by atomic mass is 35.5. The lowest BCUT2D eigenvalue weighted by atomic mass is 10.2. The van der Waals surface area contributed by atoms with Crippen LogP contribution in [0.5, 0.6) is 11.5 Å². The van der Waals surface area contributed by atoms with Crippen LogP contribution in [0.3, 0.4) is 0 Å².